The van der Waals surface area contributed by atoms with Crippen molar-refractivity contribution in [2.45, 2.75) is 13.3 Å². The van der Waals surface area contributed by atoms with E-state index in [1.807, 2.05) is 18.2 Å². The largest absolute Gasteiger partial charge is 0.469 e. The fraction of sp³-hybridized carbons (Fsp3) is 0.450. The average molecular weight is 387 g/mol. The van der Waals surface area contributed by atoms with Gasteiger partial charge in [-0.3, -0.25) is 9.79 Å². The Hall–Kier alpha value is -2.41. The zero-order chi connectivity index (χ0) is 19.2. The second-order valence-corrected chi connectivity index (χ2v) is 7.60. The van der Waals surface area contributed by atoms with Crippen molar-refractivity contribution in [1.29, 1.82) is 0 Å². The number of guanidine groups is 1. The highest BCUT2D eigenvalue weighted by Gasteiger charge is 2.36. The summed E-state index contributed by atoms with van der Waals surface area (Å²) in [4.78, 5) is 23.1. The Labute approximate surface area is 164 Å². The molecule has 3 rings (SSSR count). The van der Waals surface area contributed by atoms with Crippen LogP contribution in [0.5, 0.6) is 0 Å². The summed E-state index contributed by atoms with van der Waals surface area (Å²) >= 11 is 1.67. The number of thiazole rings is 1. The van der Waals surface area contributed by atoms with Gasteiger partial charge in [-0.2, -0.15) is 0 Å². The molecule has 0 radical (unpaired) electrons. The lowest BCUT2D eigenvalue weighted by Crippen LogP contribution is -2.41. The van der Waals surface area contributed by atoms with E-state index in [-0.39, 0.29) is 17.8 Å². The number of hydrogen-bond acceptors (Lipinski definition) is 5. The van der Waals surface area contributed by atoms with Gasteiger partial charge in [0.05, 0.1) is 18.7 Å². The van der Waals surface area contributed by atoms with Gasteiger partial charge in [0, 0.05) is 44.0 Å². The molecule has 7 heteroatoms. The standard InChI is InChI=1S/C20H26N4O2S/c1-14-11-24(12-17(14)19(25)26-3)20(21-2)22-10-9-16-13-27-18(23-16)15-7-5-4-6-8-15/h4-8,13-14,17H,9-12H2,1-3H3,(H,21,22). The highest BCUT2D eigenvalue weighted by molar-refractivity contribution is 7.13. The molecule has 144 valence electrons. The van der Waals surface area contributed by atoms with Crippen LogP contribution in [0.3, 0.4) is 0 Å². The van der Waals surface area contributed by atoms with Crippen LogP contribution < -0.4 is 5.32 Å². The molecule has 0 amide bonds. The number of esters is 1. The first kappa shape index (κ1) is 19.4. The molecule has 0 aliphatic carbocycles. The van der Waals surface area contributed by atoms with Crippen molar-refractivity contribution < 1.29 is 9.53 Å². The van der Waals surface area contributed by atoms with Crippen LogP contribution in [0.2, 0.25) is 0 Å². The molecule has 1 saturated heterocycles. The molecule has 1 aliphatic rings. The maximum absolute atomic E-state index is 11.9. The summed E-state index contributed by atoms with van der Waals surface area (Å²) < 4.78 is 4.91. The van der Waals surface area contributed by atoms with E-state index in [1.54, 1.807) is 18.4 Å². The number of ether oxygens (including phenoxy) is 1. The molecule has 0 spiro atoms. The molecule has 27 heavy (non-hydrogen) atoms. The van der Waals surface area contributed by atoms with Crippen molar-refractivity contribution in [2.75, 3.05) is 33.8 Å². The van der Waals surface area contributed by atoms with Crippen LogP contribution in [0.25, 0.3) is 10.6 Å². The van der Waals surface area contributed by atoms with Gasteiger partial charge < -0.3 is 15.0 Å². The zero-order valence-electron chi connectivity index (χ0n) is 16.0. The summed E-state index contributed by atoms with van der Waals surface area (Å²) in [6.45, 7) is 4.27. The second-order valence-electron chi connectivity index (χ2n) is 6.75. The van der Waals surface area contributed by atoms with Crippen LogP contribution in [0.4, 0.5) is 0 Å². The van der Waals surface area contributed by atoms with Gasteiger partial charge in [0.15, 0.2) is 5.96 Å². The third-order valence-electron chi connectivity index (χ3n) is 4.86. The summed E-state index contributed by atoms with van der Waals surface area (Å²) in [5, 5.41) is 6.55. The van der Waals surface area contributed by atoms with Crippen LogP contribution in [0.15, 0.2) is 40.7 Å². The molecule has 2 aromatic rings. The molecule has 1 aromatic carbocycles. The lowest BCUT2D eigenvalue weighted by molar-refractivity contribution is -0.145. The maximum atomic E-state index is 11.9. The van der Waals surface area contributed by atoms with Gasteiger partial charge in [-0.05, 0) is 5.92 Å². The number of methoxy groups -OCH3 is 1. The molecule has 1 fully saturated rings. The number of likely N-dealkylation sites (tertiary alicyclic amines) is 1. The van der Waals surface area contributed by atoms with Crippen molar-refractivity contribution >= 4 is 23.3 Å². The molecule has 0 bridgehead atoms. The minimum absolute atomic E-state index is 0.0967. The Bertz CT molecular complexity index is 790. The number of nitrogens with one attached hydrogen (secondary N) is 1. The predicted octanol–water partition coefficient (Wildman–Crippen LogP) is 2.67. The fourth-order valence-corrected chi connectivity index (χ4v) is 4.23. The van der Waals surface area contributed by atoms with E-state index >= 15 is 0 Å². The minimum atomic E-state index is -0.142. The maximum Gasteiger partial charge on any atom is 0.310 e. The molecule has 2 atom stereocenters. The highest BCUT2D eigenvalue weighted by Crippen LogP contribution is 2.25. The van der Waals surface area contributed by atoms with Crippen LogP contribution in [-0.2, 0) is 16.0 Å². The van der Waals surface area contributed by atoms with E-state index in [2.05, 4.69) is 39.6 Å². The van der Waals surface area contributed by atoms with Gasteiger partial charge in [-0.25, -0.2) is 4.98 Å². The predicted molar refractivity (Wildman–Crippen MR) is 109 cm³/mol. The molecular weight excluding hydrogens is 360 g/mol. The molecule has 2 heterocycles. The second kappa shape index (κ2) is 8.99. The molecule has 0 saturated carbocycles. The normalized spacial score (nSPS) is 20.0. The SMILES string of the molecule is CN=C(NCCc1csc(-c2ccccc2)n1)N1CC(C)C(C(=O)OC)C1. The summed E-state index contributed by atoms with van der Waals surface area (Å²) in [6, 6.07) is 10.2. The first-order chi connectivity index (χ1) is 13.1. The van der Waals surface area contributed by atoms with Gasteiger partial charge in [0.25, 0.3) is 0 Å². The van der Waals surface area contributed by atoms with E-state index in [0.717, 1.165) is 41.7 Å². The van der Waals surface area contributed by atoms with Crippen molar-refractivity contribution in [2.24, 2.45) is 16.8 Å². The van der Waals surface area contributed by atoms with E-state index in [4.69, 9.17) is 9.72 Å². The first-order valence-corrected chi connectivity index (χ1v) is 10.0. The van der Waals surface area contributed by atoms with E-state index in [0.29, 0.717) is 6.54 Å². The lowest BCUT2D eigenvalue weighted by Gasteiger charge is -2.21. The summed E-state index contributed by atoms with van der Waals surface area (Å²) in [6.07, 6.45) is 0.826. The fourth-order valence-electron chi connectivity index (χ4n) is 3.37. The van der Waals surface area contributed by atoms with Gasteiger partial charge in [0.1, 0.15) is 5.01 Å². The van der Waals surface area contributed by atoms with E-state index in [1.165, 1.54) is 7.11 Å². The number of nitrogens with zero attached hydrogens (tertiary/aromatic N) is 3. The van der Waals surface area contributed by atoms with Crippen molar-refractivity contribution in [3.8, 4) is 10.6 Å². The lowest BCUT2D eigenvalue weighted by atomic mass is 9.99. The molecule has 1 aromatic heterocycles. The van der Waals surface area contributed by atoms with Crippen LogP contribution >= 0.6 is 11.3 Å². The van der Waals surface area contributed by atoms with Crippen molar-refractivity contribution in [3.63, 3.8) is 0 Å². The van der Waals surface area contributed by atoms with Crippen LogP contribution in [0, 0.1) is 11.8 Å². The number of rotatable bonds is 5. The van der Waals surface area contributed by atoms with Gasteiger partial charge in [-0.15, -0.1) is 11.3 Å². The number of aromatic nitrogens is 1. The summed E-state index contributed by atoms with van der Waals surface area (Å²) in [5.41, 5.74) is 2.22. The van der Waals surface area contributed by atoms with Crippen molar-refractivity contribution in [3.05, 3.63) is 41.4 Å². The Kier molecular flexibility index (Phi) is 6.45. The monoisotopic (exact) mass is 386 g/mol. The first-order valence-electron chi connectivity index (χ1n) is 9.15. The molecule has 1 N–H and O–H groups in total. The third kappa shape index (κ3) is 4.66. The van der Waals surface area contributed by atoms with E-state index in [9.17, 15) is 4.79 Å². The van der Waals surface area contributed by atoms with Crippen molar-refractivity contribution in [1.82, 2.24) is 15.2 Å². The van der Waals surface area contributed by atoms with Gasteiger partial charge in [0.2, 0.25) is 0 Å². The Morgan fingerprint density at radius 3 is 2.85 bits per heavy atom. The Morgan fingerprint density at radius 1 is 1.37 bits per heavy atom. The Balaban J connectivity index is 1.52. The molecular formula is C20H26N4O2S. The quantitative estimate of drug-likeness (QED) is 0.486. The average Bonchev–Trinajstić information content (AvgIpc) is 3.32. The molecule has 1 aliphatic heterocycles. The van der Waals surface area contributed by atoms with Gasteiger partial charge >= 0.3 is 5.97 Å². The smallest absolute Gasteiger partial charge is 0.310 e. The summed E-state index contributed by atoms with van der Waals surface area (Å²) in [7, 11) is 3.22. The topological polar surface area (TPSA) is 66.8 Å². The Morgan fingerprint density at radius 2 is 2.15 bits per heavy atom. The number of benzene rings is 1. The van der Waals surface area contributed by atoms with Crippen LogP contribution in [0.1, 0.15) is 12.6 Å². The van der Waals surface area contributed by atoms with Crippen LogP contribution in [-0.4, -0.2) is 55.6 Å². The summed E-state index contributed by atoms with van der Waals surface area (Å²) in [5.74, 6) is 0.839. The zero-order valence-corrected chi connectivity index (χ0v) is 16.8. The number of carbonyl (C=O) groups excluding carboxylic acids is 1. The van der Waals surface area contributed by atoms with Gasteiger partial charge in [-0.1, -0.05) is 37.3 Å². The minimum Gasteiger partial charge on any atom is -0.469 e. The third-order valence-corrected chi connectivity index (χ3v) is 5.80. The number of aliphatic imine (C=N–C) groups is 1. The van der Waals surface area contributed by atoms with E-state index < -0.39 is 0 Å². The molecule has 2 unspecified atom stereocenters. The highest BCUT2D eigenvalue weighted by atomic mass is 32.1. The molecule has 6 nitrogen and oxygen atoms in total. The number of hydrogen-bond donors (Lipinski definition) is 1. The number of carbonyl (C=O) groups is 1.